The lowest BCUT2D eigenvalue weighted by Crippen LogP contribution is -2.26. The van der Waals surface area contributed by atoms with E-state index < -0.39 is 21.7 Å². The van der Waals surface area contributed by atoms with Crippen LogP contribution in [0.5, 0.6) is 11.5 Å². The number of ether oxygens (including phenoxy) is 2. The van der Waals surface area contributed by atoms with Gasteiger partial charge < -0.3 is 9.47 Å². The van der Waals surface area contributed by atoms with E-state index in [1.807, 2.05) is 6.07 Å². The van der Waals surface area contributed by atoms with Crippen molar-refractivity contribution in [3.05, 3.63) is 53.6 Å². The Morgan fingerprint density at radius 1 is 0.958 bits per heavy atom. The average Bonchev–Trinajstić information content (AvgIpc) is 2.57. The molecule has 0 aliphatic carbocycles. The van der Waals surface area contributed by atoms with E-state index in [2.05, 4.69) is 4.72 Å². The summed E-state index contributed by atoms with van der Waals surface area (Å²) in [6.45, 7) is 1.08. The number of halogens is 2. The van der Waals surface area contributed by atoms with Gasteiger partial charge >= 0.3 is 0 Å². The van der Waals surface area contributed by atoms with Crippen LogP contribution in [0.25, 0.3) is 0 Å². The maximum absolute atomic E-state index is 13.2. The molecule has 0 amide bonds. The number of benzene rings is 2. The zero-order chi connectivity index (χ0) is 17.2. The van der Waals surface area contributed by atoms with E-state index in [1.54, 1.807) is 12.1 Å². The van der Waals surface area contributed by atoms with Crippen molar-refractivity contribution in [1.82, 2.24) is 4.72 Å². The normalized spacial score (nSPS) is 13.8. The fourth-order valence-corrected chi connectivity index (χ4v) is 3.34. The first-order valence-electron chi connectivity index (χ1n) is 7.29. The topological polar surface area (TPSA) is 64.6 Å². The van der Waals surface area contributed by atoms with Gasteiger partial charge in [0.1, 0.15) is 13.2 Å². The second-order valence-electron chi connectivity index (χ2n) is 5.20. The molecule has 24 heavy (non-hydrogen) atoms. The fraction of sp³-hybridized carbons (Fsp3) is 0.250. The van der Waals surface area contributed by atoms with Crippen LogP contribution in [-0.2, 0) is 16.4 Å². The molecule has 2 aromatic carbocycles. The highest BCUT2D eigenvalue weighted by molar-refractivity contribution is 7.89. The average molecular weight is 355 g/mol. The highest BCUT2D eigenvalue weighted by Crippen LogP contribution is 2.30. The van der Waals surface area contributed by atoms with Crippen molar-refractivity contribution in [1.29, 1.82) is 0 Å². The van der Waals surface area contributed by atoms with Crippen molar-refractivity contribution in [2.75, 3.05) is 19.8 Å². The molecule has 1 aliphatic rings. The maximum Gasteiger partial charge on any atom is 0.240 e. The van der Waals surface area contributed by atoms with Crippen LogP contribution in [-0.4, -0.2) is 28.2 Å². The SMILES string of the molecule is O=S(=O)(NCCc1ccc2c(c1)OCCO2)c1ccc(F)c(F)c1. The van der Waals surface area contributed by atoms with Crippen molar-refractivity contribution >= 4 is 10.0 Å². The first-order chi connectivity index (χ1) is 11.5. The molecule has 0 atom stereocenters. The molecule has 0 radical (unpaired) electrons. The molecule has 0 spiro atoms. The third-order valence-electron chi connectivity index (χ3n) is 3.51. The van der Waals surface area contributed by atoms with E-state index in [-0.39, 0.29) is 11.4 Å². The second-order valence-corrected chi connectivity index (χ2v) is 6.97. The minimum atomic E-state index is -3.90. The van der Waals surface area contributed by atoms with Crippen LogP contribution in [0.15, 0.2) is 41.3 Å². The number of hydrogen-bond acceptors (Lipinski definition) is 4. The molecule has 1 aliphatic heterocycles. The van der Waals surface area contributed by atoms with Crippen molar-refractivity contribution in [3.8, 4) is 11.5 Å². The molecule has 128 valence electrons. The number of hydrogen-bond donors (Lipinski definition) is 1. The summed E-state index contributed by atoms with van der Waals surface area (Å²) in [4.78, 5) is -0.316. The Balaban J connectivity index is 1.64. The molecule has 0 unspecified atom stereocenters. The lowest BCUT2D eigenvalue weighted by atomic mass is 10.1. The molecule has 0 saturated heterocycles. The van der Waals surface area contributed by atoms with E-state index in [1.165, 1.54) is 0 Å². The van der Waals surface area contributed by atoms with Gasteiger partial charge in [0, 0.05) is 6.54 Å². The van der Waals surface area contributed by atoms with E-state index in [0.717, 1.165) is 17.7 Å². The zero-order valence-corrected chi connectivity index (χ0v) is 13.4. The first kappa shape index (κ1) is 16.7. The Labute approximate surface area is 138 Å². The summed E-state index contributed by atoms with van der Waals surface area (Å²) in [6, 6.07) is 7.84. The van der Waals surface area contributed by atoms with Crippen molar-refractivity contribution in [3.63, 3.8) is 0 Å². The molecule has 0 bridgehead atoms. The first-order valence-corrected chi connectivity index (χ1v) is 8.77. The van der Waals surface area contributed by atoms with Crippen LogP contribution in [0, 0.1) is 11.6 Å². The molecule has 0 fully saturated rings. The molecule has 0 aromatic heterocycles. The molecular formula is C16H15F2NO4S. The molecule has 1 heterocycles. The van der Waals surface area contributed by atoms with E-state index >= 15 is 0 Å². The Bertz CT molecular complexity index is 855. The van der Waals surface area contributed by atoms with Gasteiger partial charge in [-0.2, -0.15) is 0 Å². The Morgan fingerprint density at radius 2 is 1.71 bits per heavy atom. The second kappa shape index (κ2) is 6.74. The van der Waals surface area contributed by atoms with Gasteiger partial charge in [-0.3, -0.25) is 0 Å². The molecule has 3 rings (SSSR count). The van der Waals surface area contributed by atoms with Gasteiger partial charge in [0.05, 0.1) is 4.90 Å². The van der Waals surface area contributed by atoms with E-state index in [9.17, 15) is 17.2 Å². The van der Waals surface area contributed by atoms with Gasteiger partial charge in [-0.15, -0.1) is 0 Å². The minimum Gasteiger partial charge on any atom is -0.486 e. The van der Waals surface area contributed by atoms with Crippen LogP contribution in [0.2, 0.25) is 0 Å². The van der Waals surface area contributed by atoms with Crippen LogP contribution >= 0.6 is 0 Å². The summed E-state index contributed by atoms with van der Waals surface area (Å²) in [5.41, 5.74) is 0.868. The number of sulfonamides is 1. The highest BCUT2D eigenvalue weighted by Gasteiger charge is 2.16. The summed E-state index contributed by atoms with van der Waals surface area (Å²) >= 11 is 0. The minimum absolute atomic E-state index is 0.112. The zero-order valence-electron chi connectivity index (χ0n) is 12.6. The van der Waals surface area contributed by atoms with Crippen molar-refractivity contribution in [2.45, 2.75) is 11.3 Å². The molecule has 5 nitrogen and oxygen atoms in total. The van der Waals surface area contributed by atoms with Gasteiger partial charge in [-0.1, -0.05) is 6.07 Å². The third-order valence-corrected chi connectivity index (χ3v) is 4.97. The predicted octanol–water partition coefficient (Wildman–Crippen LogP) is 2.26. The molecule has 0 saturated carbocycles. The van der Waals surface area contributed by atoms with Gasteiger partial charge in [0.25, 0.3) is 0 Å². The Morgan fingerprint density at radius 3 is 2.46 bits per heavy atom. The third kappa shape index (κ3) is 3.65. The summed E-state index contributed by atoms with van der Waals surface area (Å²) in [5.74, 6) is -1.01. The lowest BCUT2D eigenvalue weighted by Gasteiger charge is -2.18. The van der Waals surface area contributed by atoms with Crippen LogP contribution < -0.4 is 14.2 Å². The van der Waals surface area contributed by atoms with E-state index in [4.69, 9.17) is 9.47 Å². The number of rotatable bonds is 5. The molecule has 8 heteroatoms. The summed E-state index contributed by atoms with van der Waals surface area (Å²) in [7, 11) is -3.90. The monoisotopic (exact) mass is 355 g/mol. The van der Waals surface area contributed by atoms with Crippen LogP contribution in [0.4, 0.5) is 8.78 Å². The smallest absolute Gasteiger partial charge is 0.240 e. The summed E-state index contributed by atoms with van der Waals surface area (Å²) < 4.78 is 63.4. The van der Waals surface area contributed by atoms with Crippen molar-refractivity contribution < 1.29 is 26.7 Å². The van der Waals surface area contributed by atoms with Crippen LogP contribution in [0.1, 0.15) is 5.56 Å². The summed E-state index contributed by atoms with van der Waals surface area (Å²) in [6.07, 6.45) is 0.416. The van der Waals surface area contributed by atoms with Gasteiger partial charge in [-0.25, -0.2) is 21.9 Å². The summed E-state index contributed by atoms with van der Waals surface area (Å²) in [5, 5.41) is 0. The van der Waals surface area contributed by atoms with Gasteiger partial charge in [0.15, 0.2) is 23.1 Å². The highest BCUT2D eigenvalue weighted by atomic mass is 32.2. The standard InChI is InChI=1S/C16H15F2NO4S/c17-13-3-2-12(10-14(13)18)24(20,21)19-6-5-11-1-4-15-16(9-11)23-8-7-22-15/h1-4,9-10,19H,5-8H2. The van der Waals surface area contributed by atoms with E-state index in [0.29, 0.717) is 37.2 Å². The molecule has 1 N–H and O–H groups in total. The Kier molecular flexibility index (Phi) is 4.68. The van der Waals surface area contributed by atoms with Gasteiger partial charge in [0.2, 0.25) is 10.0 Å². The molecular weight excluding hydrogens is 340 g/mol. The predicted molar refractivity (Wildman–Crippen MR) is 82.7 cm³/mol. The molecule has 2 aromatic rings. The Hall–Kier alpha value is -2.19. The maximum atomic E-state index is 13.2. The fourth-order valence-electron chi connectivity index (χ4n) is 2.30. The number of fused-ring (bicyclic) bond motifs is 1. The largest absolute Gasteiger partial charge is 0.486 e. The van der Waals surface area contributed by atoms with Crippen LogP contribution in [0.3, 0.4) is 0 Å². The van der Waals surface area contributed by atoms with Crippen molar-refractivity contribution in [2.24, 2.45) is 0 Å². The number of nitrogens with one attached hydrogen (secondary N) is 1. The quantitative estimate of drug-likeness (QED) is 0.894. The lowest BCUT2D eigenvalue weighted by molar-refractivity contribution is 0.171. The van der Waals surface area contributed by atoms with Gasteiger partial charge in [-0.05, 0) is 42.3 Å².